The quantitative estimate of drug-likeness (QED) is 0.818. The number of aryl methyl sites for hydroxylation is 1. The Morgan fingerprint density at radius 3 is 2.94 bits per heavy atom. The van der Waals surface area contributed by atoms with Gasteiger partial charge in [0.15, 0.2) is 0 Å². The van der Waals surface area contributed by atoms with E-state index in [1.54, 1.807) is 0 Å². The van der Waals surface area contributed by atoms with E-state index in [1.165, 1.54) is 36.6 Å². The third-order valence-electron chi connectivity index (χ3n) is 3.89. The lowest BCUT2D eigenvalue weighted by molar-refractivity contribution is 0.487. The Balaban J connectivity index is 1.50. The molecule has 1 N–H and O–H groups in total. The molecule has 1 saturated carbocycles. The molecule has 0 bridgehead atoms. The van der Waals surface area contributed by atoms with Crippen molar-refractivity contribution in [1.29, 1.82) is 0 Å². The largest absolute Gasteiger partial charge is 0.314 e. The molecule has 1 aliphatic carbocycles. The Kier molecular flexibility index (Phi) is 3.60. The minimum Gasteiger partial charge on any atom is -0.314 e. The lowest BCUT2D eigenvalue weighted by atomic mass is 10.2. The van der Waals surface area contributed by atoms with Crippen LogP contribution in [0.4, 0.5) is 0 Å². The molecule has 1 aromatic heterocycles. The molecule has 3 heteroatoms. The molecule has 1 aliphatic rings. The van der Waals surface area contributed by atoms with E-state index in [-0.39, 0.29) is 0 Å². The summed E-state index contributed by atoms with van der Waals surface area (Å²) in [5, 5.41) is 9.34. The highest BCUT2D eigenvalue weighted by molar-refractivity contribution is 5.78. The normalized spacial score (nSPS) is 16.7. The zero-order valence-electron chi connectivity index (χ0n) is 10.8. The minimum atomic E-state index is 0.777. The maximum Gasteiger partial charge on any atom is 0.0682 e. The molecule has 0 atom stereocenters. The first-order chi connectivity index (χ1) is 8.93. The van der Waals surface area contributed by atoms with Crippen LogP contribution in [0.25, 0.3) is 10.9 Å². The highest BCUT2D eigenvalue weighted by atomic mass is 15.3. The van der Waals surface area contributed by atoms with Gasteiger partial charge in [-0.25, -0.2) is 0 Å². The fourth-order valence-electron chi connectivity index (χ4n) is 2.87. The number of fused-ring (bicyclic) bond motifs is 1. The average molecular weight is 243 g/mol. The highest BCUT2D eigenvalue weighted by Gasteiger charge is 2.13. The second-order valence-corrected chi connectivity index (χ2v) is 5.22. The molecule has 18 heavy (non-hydrogen) atoms. The smallest absolute Gasteiger partial charge is 0.0682 e. The number of hydrogen-bond acceptors (Lipinski definition) is 2. The van der Waals surface area contributed by atoms with Crippen molar-refractivity contribution in [2.45, 2.75) is 44.7 Å². The molecule has 0 unspecified atom stereocenters. The number of para-hydroxylation sites is 1. The Hall–Kier alpha value is -1.35. The van der Waals surface area contributed by atoms with E-state index in [2.05, 4.69) is 39.4 Å². The summed E-state index contributed by atoms with van der Waals surface area (Å²) in [7, 11) is 0. The van der Waals surface area contributed by atoms with Crippen molar-refractivity contribution in [2.24, 2.45) is 0 Å². The Morgan fingerprint density at radius 2 is 2.06 bits per heavy atom. The van der Waals surface area contributed by atoms with E-state index in [4.69, 9.17) is 0 Å². The van der Waals surface area contributed by atoms with Gasteiger partial charge in [0, 0.05) is 18.0 Å². The van der Waals surface area contributed by atoms with Crippen LogP contribution in [0.1, 0.15) is 32.1 Å². The predicted octanol–water partition coefficient (Wildman–Crippen LogP) is 2.96. The van der Waals surface area contributed by atoms with Crippen LogP contribution in [0.3, 0.4) is 0 Å². The molecule has 3 rings (SSSR count). The van der Waals surface area contributed by atoms with Crippen LogP contribution in [-0.4, -0.2) is 22.4 Å². The second kappa shape index (κ2) is 5.53. The Labute approximate surface area is 108 Å². The van der Waals surface area contributed by atoms with E-state index in [1.807, 2.05) is 6.20 Å². The van der Waals surface area contributed by atoms with Gasteiger partial charge in [0.2, 0.25) is 0 Å². The summed E-state index contributed by atoms with van der Waals surface area (Å²) in [6.07, 6.45) is 8.65. The molecule has 0 radical (unpaired) electrons. The number of rotatable bonds is 5. The number of nitrogens with one attached hydrogen (secondary N) is 1. The van der Waals surface area contributed by atoms with E-state index < -0.39 is 0 Å². The zero-order valence-corrected chi connectivity index (χ0v) is 10.8. The molecule has 2 aromatic rings. The average Bonchev–Trinajstić information content (AvgIpc) is 3.04. The summed E-state index contributed by atoms with van der Waals surface area (Å²) in [5.74, 6) is 0. The number of aromatic nitrogens is 2. The van der Waals surface area contributed by atoms with Gasteiger partial charge < -0.3 is 5.32 Å². The highest BCUT2D eigenvalue weighted by Crippen LogP contribution is 2.17. The van der Waals surface area contributed by atoms with Crippen LogP contribution < -0.4 is 5.32 Å². The summed E-state index contributed by atoms with van der Waals surface area (Å²) in [6.45, 7) is 2.12. The molecular weight excluding hydrogens is 222 g/mol. The van der Waals surface area contributed by atoms with Crippen molar-refractivity contribution in [2.75, 3.05) is 6.54 Å². The number of benzene rings is 1. The minimum absolute atomic E-state index is 0.777. The van der Waals surface area contributed by atoms with Gasteiger partial charge >= 0.3 is 0 Å². The first-order valence-electron chi connectivity index (χ1n) is 7.07. The molecule has 3 nitrogen and oxygen atoms in total. The van der Waals surface area contributed by atoms with E-state index in [9.17, 15) is 0 Å². The molecule has 1 heterocycles. The molecule has 0 amide bonds. The molecule has 0 aliphatic heterocycles. The van der Waals surface area contributed by atoms with Gasteiger partial charge in [-0.3, -0.25) is 4.68 Å². The van der Waals surface area contributed by atoms with Gasteiger partial charge in [0.1, 0.15) is 0 Å². The van der Waals surface area contributed by atoms with Crippen molar-refractivity contribution >= 4 is 10.9 Å². The topological polar surface area (TPSA) is 29.9 Å². The van der Waals surface area contributed by atoms with Crippen LogP contribution in [0.15, 0.2) is 30.5 Å². The summed E-state index contributed by atoms with van der Waals surface area (Å²) < 4.78 is 2.12. The maximum atomic E-state index is 4.45. The third-order valence-corrected chi connectivity index (χ3v) is 3.89. The zero-order chi connectivity index (χ0) is 12.2. The molecule has 0 saturated heterocycles. The summed E-state index contributed by atoms with van der Waals surface area (Å²) in [5.41, 5.74) is 1.25. The molecule has 96 valence electrons. The van der Waals surface area contributed by atoms with E-state index >= 15 is 0 Å². The van der Waals surface area contributed by atoms with Gasteiger partial charge in [-0.05, 0) is 31.9 Å². The fourth-order valence-corrected chi connectivity index (χ4v) is 2.87. The lowest BCUT2D eigenvalue weighted by Crippen LogP contribution is -2.27. The number of nitrogens with zero attached hydrogens (tertiary/aromatic N) is 2. The van der Waals surface area contributed by atoms with Gasteiger partial charge in [-0.2, -0.15) is 5.10 Å². The van der Waals surface area contributed by atoms with E-state index in [0.717, 1.165) is 25.6 Å². The van der Waals surface area contributed by atoms with Crippen LogP contribution in [0.5, 0.6) is 0 Å². The third kappa shape index (κ3) is 2.56. The molecule has 1 aromatic carbocycles. The number of hydrogen-bond donors (Lipinski definition) is 1. The van der Waals surface area contributed by atoms with Crippen LogP contribution >= 0.6 is 0 Å². The Morgan fingerprint density at radius 1 is 1.22 bits per heavy atom. The first-order valence-corrected chi connectivity index (χ1v) is 7.07. The SMILES string of the molecule is c1ccc2c(c1)cnn2CCCNC1CCCC1. The fraction of sp³-hybridized carbons (Fsp3) is 0.533. The van der Waals surface area contributed by atoms with Crippen molar-refractivity contribution in [1.82, 2.24) is 15.1 Å². The predicted molar refractivity (Wildman–Crippen MR) is 74.6 cm³/mol. The standard InChI is InChI=1S/C15H21N3/c1-4-9-15-13(6-1)12-17-18(15)11-5-10-16-14-7-2-3-8-14/h1,4,6,9,12,14,16H,2-3,5,7-8,10-11H2. The summed E-state index contributed by atoms with van der Waals surface area (Å²) in [6, 6.07) is 9.19. The summed E-state index contributed by atoms with van der Waals surface area (Å²) >= 11 is 0. The molecule has 0 spiro atoms. The summed E-state index contributed by atoms with van der Waals surface area (Å²) in [4.78, 5) is 0. The van der Waals surface area contributed by atoms with Gasteiger partial charge in [-0.15, -0.1) is 0 Å². The van der Waals surface area contributed by atoms with Gasteiger partial charge in [-0.1, -0.05) is 31.0 Å². The van der Waals surface area contributed by atoms with Crippen molar-refractivity contribution in [3.63, 3.8) is 0 Å². The van der Waals surface area contributed by atoms with Crippen molar-refractivity contribution in [3.05, 3.63) is 30.5 Å². The van der Waals surface area contributed by atoms with E-state index in [0.29, 0.717) is 0 Å². The van der Waals surface area contributed by atoms with Crippen LogP contribution in [-0.2, 0) is 6.54 Å². The Bertz CT molecular complexity index is 497. The van der Waals surface area contributed by atoms with Crippen LogP contribution in [0, 0.1) is 0 Å². The molecular formula is C15H21N3. The van der Waals surface area contributed by atoms with Crippen molar-refractivity contribution in [3.8, 4) is 0 Å². The van der Waals surface area contributed by atoms with Gasteiger partial charge in [0.25, 0.3) is 0 Å². The monoisotopic (exact) mass is 243 g/mol. The molecule has 1 fully saturated rings. The first kappa shape index (κ1) is 11.7. The van der Waals surface area contributed by atoms with Crippen molar-refractivity contribution < 1.29 is 0 Å². The van der Waals surface area contributed by atoms with Crippen LogP contribution in [0.2, 0.25) is 0 Å². The second-order valence-electron chi connectivity index (χ2n) is 5.22. The lowest BCUT2D eigenvalue weighted by Gasteiger charge is -2.11. The van der Waals surface area contributed by atoms with Gasteiger partial charge in [0.05, 0.1) is 11.7 Å². The maximum absolute atomic E-state index is 4.45.